The first-order valence-corrected chi connectivity index (χ1v) is 12.9. The molecule has 4 aliphatic rings. The van der Waals surface area contributed by atoms with Crippen molar-refractivity contribution in [2.24, 2.45) is 28.6 Å². The summed E-state index contributed by atoms with van der Waals surface area (Å²) in [4.78, 5) is 25.3. The lowest BCUT2D eigenvalue weighted by Gasteiger charge is -2.58. The third-order valence-corrected chi connectivity index (χ3v) is 9.74. The van der Waals surface area contributed by atoms with Crippen LogP contribution in [0.3, 0.4) is 0 Å². The Morgan fingerprint density at radius 2 is 1.82 bits per heavy atom. The number of hydrogen-bond acceptors (Lipinski definition) is 4. The maximum Gasteiger partial charge on any atom is 0.289 e. The number of carbonyl (C=O) groups excluding carboxylic acids is 1. The van der Waals surface area contributed by atoms with Crippen LogP contribution in [0.15, 0.2) is 48.7 Å². The largest absolute Gasteiger partial charge is 0.346 e. The highest BCUT2D eigenvalue weighted by molar-refractivity contribution is 5.90. The van der Waals surface area contributed by atoms with Crippen LogP contribution in [0.4, 0.5) is 0 Å². The molecular formula is C28H35N5O. The Hall–Kier alpha value is -2.76. The lowest BCUT2D eigenvalue weighted by atomic mass is 9.47. The predicted molar refractivity (Wildman–Crippen MR) is 132 cm³/mol. The van der Waals surface area contributed by atoms with E-state index < -0.39 is 0 Å². The van der Waals surface area contributed by atoms with E-state index in [4.69, 9.17) is 0 Å². The molecule has 1 amide bonds. The summed E-state index contributed by atoms with van der Waals surface area (Å²) in [6, 6.07) is 1.91. The average molecular weight is 458 g/mol. The van der Waals surface area contributed by atoms with Crippen molar-refractivity contribution in [1.29, 1.82) is 0 Å². The Labute approximate surface area is 202 Å². The normalized spacial score (nSPS) is 36.6. The van der Waals surface area contributed by atoms with Gasteiger partial charge in [0.15, 0.2) is 0 Å². The smallest absolute Gasteiger partial charge is 0.289 e. The van der Waals surface area contributed by atoms with E-state index >= 15 is 0 Å². The van der Waals surface area contributed by atoms with Crippen molar-refractivity contribution in [1.82, 2.24) is 24.8 Å². The molecule has 2 aromatic rings. The van der Waals surface area contributed by atoms with Crippen LogP contribution < -0.4 is 5.32 Å². The molecule has 6 rings (SSSR count). The highest BCUT2D eigenvalue weighted by Gasteiger charge is 2.57. The van der Waals surface area contributed by atoms with E-state index in [9.17, 15) is 4.79 Å². The molecule has 0 radical (unpaired) electrons. The van der Waals surface area contributed by atoms with Gasteiger partial charge in [-0.05, 0) is 81.1 Å². The molecule has 0 aromatic carbocycles. The molecule has 3 unspecified atom stereocenters. The van der Waals surface area contributed by atoms with Crippen LogP contribution in [0.25, 0.3) is 5.70 Å². The average Bonchev–Trinajstić information content (AvgIpc) is 3.42. The van der Waals surface area contributed by atoms with Crippen LogP contribution in [0.2, 0.25) is 0 Å². The first-order valence-electron chi connectivity index (χ1n) is 12.9. The number of hydrogen-bond donors (Lipinski definition) is 1. The van der Waals surface area contributed by atoms with E-state index in [0.29, 0.717) is 5.92 Å². The number of aryl methyl sites for hydroxylation is 1. The van der Waals surface area contributed by atoms with E-state index in [2.05, 4.69) is 64.0 Å². The third-order valence-electron chi connectivity index (χ3n) is 9.74. The van der Waals surface area contributed by atoms with Crippen molar-refractivity contribution in [3.8, 4) is 0 Å². The van der Waals surface area contributed by atoms with E-state index in [-0.39, 0.29) is 28.6 Å². The summed E-state index contributed by atoms with van der Waals surface area (Å²) in [6.45, 7) is 7.09. The zero-order valence-electron chi connectivity index (χ0n) is 20.5. The zero-order valence-corrected chi connectivity index (χ0v) is 20.5. The lowest BCUT2D eigenvalue weighted by Crippen LogP contribution is -2.51. The molecule has 1 N–H and O–H groups in total. The van der Waals surface area contributed by atoms with Gasteiger partial charge < -0.3 is 9.88 Å². The van der Waals surface area contributed by atoms with Gasteiger partial charge in [0.2, 0.25) is 5.82 Å². The zero-order chi connectivity index (χ0) is 23.5. The number of aromatic nitrogens is 4. The monoisotopic (exact) mass is 457 g/mol. The van der Waals surface area contributed by atoms with Gasteiger partial charge in [-0.25, -0.2) is 15.0 Å². The van der Waals surface area contributed by atoms with Crippen molar-refractivity contribution < 1.29 is 4.79 Å². The summed E-state index contributed by atoms with van der Waals surface area (Å²) in [5.74, 6) is 2.27. The van der Waals surface area contributed by atoms with Crippen molar-refractivity contribution in [2.75, 3.05) is 0 Å². The number of rotatable bonds is 3. The molecule has 178 valence electrons. The van der Waals surface area contributed by atoms with E-state index in [1.165, 1.54) is 31.4 Å². The first kappa shape index (κ1) is 21.8. The quantitative estimate of drug-likeness (QED) is 0.644. The van der Waals surface area contributed by atoms with Crippen LogP contribution in [0.5, 0.6) is 0 Å². The second-order valence-corrected chi connectivity index (χ2v) is 11.4. The Morgan fingerprint density at radius 3 is 2.59 bits per heavy atom. The van der Waals surface area contributed by atoms with Gasteiger partial charge in [-0.1, -0.05) is 31.6 Å². The topological polar surface area (TPSA) is 72.7 Å². The molecule has 2 heterocycles. The van der Waals surface area contributed by atoms with Gasteiger partial charge in [-0.3, -0.25) is 4.79 Å². The molecule has 34 heavy (non-hydrogen) atoms. The Kier molecular flexibility index (Phi) is 5.05. The fourth-order valence-corrected chi connectivity index (χ4v) is 7.95. The lowest BCUT2D eigenvalue weighted by molar-refractivity contribution is -0.0137. The highest BCUT2D eigenvalue weighted by Crippen LogP contribution is 2.65. The summed E-state index contributed by atoms with van der Waals surface area (Å²) in [5, 5.41) is 3.20. The summed E-state index contributed by atoms with van der Waals surface area (Å²) >= 11 is 0. The van der Waals surface area contributed by atoms with Crippen LogP contribution >= 0.6 is 0 Å². The van der Waals surface area contributed by atoms with Crippen LogP contribution in [0.1, 0.15) is 75.1 Å². The number of allylic oxidation sites excluding steroid dienone is 3. The Bertz CT molecular complexity index is 1170. The summed E-state index contributed by atoms with van der Waals surface area (Å²) in [6.07, 6.45) is 20.5. The summed E-state index contributed by atoms with van der Waals surface area (Å²) < 4.78 is 2.28. The minimum absolute atomic E-state index is 0.156. The van der Waals surface area contributed by atoms with Crippen molar-refractivity contribution in [2.45, 2.75) is 71.8 Å². The van der Waals surface area contributed by atoms with Crippen molar-refractivity contribution >= 4 is 11.6 Å². The number of imidazole rings is 1. The predicted octanol–water partition coefficient (Wildman–Crippen LogP) is 5.19. The Morgan fingerprint density at radius 1 is 1.03 bits per heavy atom. The molecule has 0 spiro atoms. The fraction of sp³-hybridized carbons (Fsp3) is 0.571. The Balaban J connectivity index is 1.20. The van der Waals surface area contributed by atoms with Crippen molar-refractivity contribution in [3.05, 3.63) is 60.2 Å². The second kappa shape index (κ2) is 7.89. The van der Waals surface area contributed by atoms with E-state index in [1.807, 2.05) is 6.33 Å². The number of fused-ring (bicyclic) bond motifs is 5. The van der Waals surface area contributed by atoms with Crippen LogP contribution in [-0.2, 0) is 0 Å². The molecule has 2 saturated carbocycles. The summed E-state index contributed by atoms with van der Waals surface area (Å²) in [5.41, 5.74) is 4.60. The van der Waals surface area contributed by atoms with Gasteiger partial charge in [0.25, 0.3) is 5.91 Å². The molecule has 6 atom stereocenters. The minimum Gasteiger partial charge on any atom is -0.346 e. The van der Waals surface area contributed by atoms with Gasteiger partial charge in [0.05, 0.1) is 12.0 Å². The summed E-state index contributed by atoms with van der Waals surface area (Å²) in [7, 11) is 0. The maximum absolute atomic E-state index is 12.6. The molecule has 2 fully saturated rings. The highest BCUT2D eigenvalue weighted by atomic mass is 16.2. The second-order valence-electron chi connectivity index (χ2n) is 11.4. The van der Waals surface area contributed by atoms with Gasteiger partial charge in [-0.15, -0.1) is 0 Å². The molecule has 6 heteroatoms. The maximum atomic E-state index is 12.6. The number of amides is 1. The molecule has 2 aromatic heterocycles. The molecule has 0 bridgehead atoms. The third kappa shape index (κ3) is 3.29. The number of carbonyl (C=O) groups is 1. The van der Waals surface area contributed by atoms with Crippen molar-refractivity contribution in [3.63, 3.8) is 0 Å². The van der Waals surface area contributed by atoms with Gasteiger partial charge in [0, 0.05) is 35.7 Å². The molecule has 6 nitrogen and oxygen atoms in total. The minimum atomic E-state index is -0.156. The molecule has 0 aliphatic heterocycles. The standard InChI is InChI=1S/C28H35N5O/c1-18-16-33(17-31-18)24-8-7-22-21-6-5-19-15-20(32-26(34)25-29-13-4-14-30-25)9-11-27(19,2)23(21)10-12-28(22,24)3/h4-5,8,13-14,16-17,20-23H,6-7,9-12,15H2,1-3H3,(H,32,34)/t20-,21?,22?,23?,27-,28-/m0/s1. The van der Waals surface area contributed by atoms with E-state index in [1.54, 1.807) is 24.0 Å². The fourth-order valence-electron chi connectivity index (χ4n) is 7.95. The van der Waals surface area contributed by atoms with E-state index in [0.717, 1.165) is 36.8 Å². The molecule has 4 aliphatic carbocycles. The first-order chi connectivity index (χ1) is 16.4. The SMILES string of the molecule is Cc1cn(C2=CCC3C4CC=C5C[C@@H](NC(=O)c6ncccn6)CC[C@]5(C)C4CC[C@]23C)cn1. The van der Waals surface area contributed by atoms with Gasteiger partial charge >= 0.3 is 0 Å². The molecule has 0 saturated heterocycles. The molecular weight excluding hydrogens is 422 g/mol. The van der Waals surface area contributed by atoms with Gasteiger partial charge in [0.1, 0.15) is 0 Å². The van der Waals surface area contributed by atoms with Crippen LogP contribution in [-0.4, -0.2) is 31.5 Å². The number of nitrogens with zero attached hydrogens (tertiary/aromatic N) is 4. The number of nitrogens with one attached hydrogen (secondary N) is 1. The van der Waals surface area contributed by atoms with Crippen LogP contribution in [0, 0.1) is 35.5 Å². The van der Waals surface area contributed by atoms with Gasteiger partial charge in [-0.2, -0.15) is 0 Å².